The van der Waals surface area contributed by atoms with Crippen LogP contribution in [-0.2, 0) is 13.1 Å². The Labute approximate surface area is 143 Å². The van der Waals surface area contributed by atoms with Gasteiger partial charge in [-0.2, -0.15) is 0 Å². The Morgan fingerprint density at radius 3 is 1.79 bits per heavy atom. The predicted molar refractivity (Wildman–Crippen MR) is 97.6 cm³/mol. The number of aromatic nitrogens is 1. The van der Waals surface area contributed by atoms with Crippen LogP contribution < -0.4 is 4.90 Å². The van der Waals surface area contributed by atoms with Crippen LogP contribution in [0.3, 0.4) is 0 Å². The van der Waals surface area contributed by atoms with Crippen LogP contribution in [0.15, 0.2) is 79.0 Å². The molecule has 0 fully saturated rings. The number of rotatable bonds is 6. The molecular formula is C21H22N2O. The summed E-state index contributed by atoms with van der Waals surface area (Å²) in [5, 5.41) is 9.67. The maximum absolute atomic E-state index is 9.67. The number of pyridine rings is 1. The lowest BCUT2D eigenvalue weighted by Crippen LogP contribution is -2.23. The Morgan fingerprint density at radius 2 is 1.38 bits per heavy atom. The lowest BCUT2D eigenvalue weighted by molar-refractivity contribution is 0.199. The molecule has 122 valence electrons. The highest BCUT2D eigenvalue weighted by Gasteiger charge is 2.11. The third kappa shape index (κ3) is 4.21. The van der Waals surface area contributed by atoms with Crippen molar-refractivity contribution < 1.29 is 5.11 Å². The number of anilines is 1. The van der Waals surface area contributed by atoms with Crippen molar-refractivity contribution in [2.75, 3.05) is 4.90 Å². The van der Waals surface area contributed by atoms with E-state index >= 15 is 0 Å². The van der Waals surface area contributed by atoms with Gasteiger partial charge < -0.3 is 10.0 Å². The lowest BCUT2D eigenvalue weighted by atomic mass is 10.1. The van der Waals surface area contributed by atoms with Gasteiger partial charge in [-0.15, -0.1) is 0 Å². The fourth-order valence-corrected chi connectivity index (χ4v) is 2.66. The number of aliphatic hydroxyl groups excluding tert-OH is 1. The summed E-state index contributed by atoms with van der Waals surface area (Å²) in [5.41, 5.74) is 3.32. The second kappa shape index (κ2) is 7.75. The van der Waals surface area contributed by atoms with Crippen LogP contribution in [0.1, 0.15) is 29.7 Å². The van der Waals surface area contributed by atoms with Gasteiger partial charge in [0.05, 0.1) is 6.10 Å². The molecule has 0 aliphatic carbocycles. The molecule has 0 aliphatic heterocycles. The quantitative estimate of drug-likeness (QED) is 0.734. The molecule has 3 aromatic rings. The molecule has 0 saturated carbocycles. The Bertz CT molecular complexity index is 698. The second-order valence-electron chi connectivity index (χ2n) is 5.95. The van der Waals surface area contributed by atoms with E-state index in [0.29, 0.717) is 0 Å². The molecule has 0 bridgehead atoms. The lowest BCUT2D eigenvalue weighted by Gasteiger charge is -2.24. The minimum atomic E-state index is -0.497. The molecule has 0 amide bonds. The summed E-state index contributed by atoms with van der Waals surface area (Å²) in [6, 6.07) is 24.7. The van der Waals surface area contributed by atoms with Crippen molar-refractivity contribution in [2.45, 2.75) is 26.1 Å². The number of nitrogens with zero attached hydrogens (tertiary/aromatic N) is 2. The van der Waals surface area contributed by atoms with E-state index in [2.05, 4.69) is 58.4 Å². The second-order valence-corrected chi connectivity index (χ2v) is 5.95. The summed E-state index contributed by atoms with van der Waals surface area (Å²) in [5.74, 6) is 0.909. The topological polar surface area (TPSA) is 36.4 Å². The molecule has 1 heterocycles. The SMILES string of the molecule is C[C@@H](O)c1ccc(N(Cc2ccccc2)Cc2ccccc2)nc1. The molecule has 1 atom stereocenters. The van der Waals surface area contributed by atoms with E-state index in [1.807, 2.05) is 24.3 Å². The molecule has 2 aromatic carbocycles. The Kier molecular flexibility index (Phi) is 5.24. The minimum absolute atomic E-state index is 0.497. The molecule has 0 spiro atoms. The fourth-order valence-electron chi connectivity index (χ4n) is 2.66. The summed E-state index contributed by atoms with van der Waals surface area (Å²) < 4.78 is 0. The highest BCUT2D eigenvalue weighted by molar-refractivity contribution is 5.42. The Balaban J connectivity index is 1.86. The molecule has 0 radical (unpaired) electrons. The van der Waals surface area contributed by atoms with Gasteiger partial charge >= 0.3 is 0 Å². The normalized spacial score (nSPS) is 11.9. The number of hydrogen-bond donors (Lipinski definition) is 1. The van der Waals surface area contributed by atoms with E-state index in [9.17, 15) is 5.11 Å². The van der Waals surface area contributed by atoms with E-state index in [1.165, 1.54) is 11.1 Å². The van der Waals surface area contributed by atoms with Gasteiger partial charge in [-0.05, 0) is 29.7 Å². The first-order chi connectivity index (χ1) is 11.7. The van der Waals surface area contributed by atoms with Gasteiger partial charge in [0.2, 0.25) is 0 Å². The van der Waals surface area contributed by atoms with Crippen molar-refractivity contribution in [3.8, 4) is 0 Å². The highest BCUT2D eigenvalue weighted by Crippen LogP contribution is 2.20. The van der Waals surface area contributed by atoms with Crippen LogP contribution in [0.5, 0.6) is 0 Å². The van der Waals surface area contributed by atoms with Gasteiger partial charge in [0.15, 0.2) is 0 Å². The Morgan fingerprint density at radius 1 is 0.833 bits per heavy atom. The van der Waals surface area contributed by atoms with Crippen molar-refractivity contribution in [3.05, 3.63) is 95.7 Å². The summed E-state index contributed by atoms with van der Waals surface area (Å²) >= 11 is 0. The van der Waals surface area contributed by atoms with E-state index in [0.717, 1.165) is 24.5 Å². The molecule has 1 N–H and O–H groups in total. The van der Waals surface area contributed by atoms with Crippen LogP contribution >= 0.6 is 0 Å². The first kappa shape index (κ1) is 16.2. The monoisotopic (exact) mass is 318 g/mol. The van der Waals surface area contributed by atoms with Crippen molar-refractivity contribution in [1.82, 2.24) is 4.98 Å². The zero-order chi connectivity index (χ0) is 16.8. The average molecular weight is 318 g/mol. The van der Waals surface area contributed by atoms with Gasteiger partial charge in [0, 0.05) is 19.3 Å². The molecule has 0 saturated heterocycles. The minimum Gasteiger partial charge on any atom is -0.389 e. The maximum atomic E-state index is 9.67. The molecular weight excluding hydrogens is 296 g/mol. The first-order valence-corrected chi connectivity index (χ1v) is 8.19. The molecule has 24 heavy (non-hydrogen) atoms. The summed E-state index contributed by atoms with van der Waals surface area (Å²) in [6.07, 6.45) is 1.26. The van der Waals surface area contributed by atoms with E-state index in [-0.39, 0.29) is 0 Å². The van der Waals surface area contributed by atoms with Crippen molar-refractivity contribution in [2.24, 2.45) is 0 Å². The number of benzene rings is 2. The zero-order valence-corrected chi connectivity index (χ0v) is 13.8. The zero-order valence-electron chi connectivity index (χ0n) is 13.8. The van der Waals surface area contributed by atoms with E-state index < -0.39 is 6.10 Å². The summed E-state index contributed by atoms with van der Waals surface area (Å²) in [4.78, 5) is 6.81. The van der Waals surface area contributed by atoms with Crippen LogP contribution in [0.25, 0.3) is 0 Å². The highest BCUT2D eigenvalue weighted by atomic mass is 16.3. The third-order valence-corrected chi connectivity index (χ3v) is 4.01. The summed E-state index contributed by atoms with van der Waals surface area (Å²) in [6.45, 7) is 3.33. The Hall–Kier alpha value is -2.65. The first-order valence-electron chi connectivity index (χ1n) is 8.19. The van der Waals surface area contributed by atoms with Crippen LogP contribution in [0.4, 0.5) is 5.82 Å². The molecule has 1 aromatic heterocycles. The van der Waals surface area contributed by atoms with Crippen LogP contribution in [0, 0.1) is 0 Å². The molecule has 3 heteroatoms. The fraction of sp³-hybridized carbons (Fsp3) is 0.190. The smallest absolute Gasteiger partial charge is 0.129 e. The number of aliphatic hydroxyl groups is 1. The standard InChI is InChI=1S/C21H22N2O/c1-17(24)20-12-13-21(22-14-20)23(15-18-8-4-2-5-9-18)16-19-10-6-3-7-11-19/h2-14,17,24H,15-16H2,1H3/t17-/m1/s1. The van der Waals surface area contributed by atoms with Gasteiger partial charge in [-0.1, -0.05) is 66.7 Å². The maximum Gasteiger partial charge on any atom is 0.129 e. The van der Waals surface area contributed by atoms with Crippen molar-refractivity contribution in [3.63, 3.8) is 0 Å². The number of hydrogen-bond acceptors (Lipinski definition) is 3. The average Bonchev–Trinajstić information content (AvgIpc) is 2.63. The van der Waals surface area contributed by atoms with Crippen molar-refractivity contribution >= 4 is 5.82 Å². The molecule has 0 aliphatic rings. The van der Waals surface area contributed by atoms with E-state index in [1.54, 1.807) is 13.1 Å². The van der Waals surface area contributed by atoms with Gasteiger partial charge in [-0.3, -0.25) is 0 Å². The predicted octanol–water partition coefficient (Wildman–Crippen LogP) is 4.34. The van der Waals surface area contributed by atoms with Gasteiger partial charge in [0.25, 0.3) is 0 Å². The largest absolute Gasteiger partial charge is 0.389 e. The molecule has 3 rings (SSSR count). The van der Waals surface area contributed by atoms with Crippen LogP contribution in [0.2, 0.25) is 0 Å². The van der Waals surface area contributed by atoms with E-state index in [4.69, 9.17) is 0 Å². The molecule has 3 nitrogen and oxygen atoms in total. The summed E-state index contributed by atoms with van der Waals surface area (Å²) in [7, 11) is 0. The van der Waals surface area contributed by atoms with Crippen LogP contribution in [-0.4, -0.2) is 10.1 Å². The molecule has 0 unspecified atom stereocenters. The third-order valence-electron chi connectivity index (χ3n) is 4.01. The van der Waals surface area contributed by atoms with Gasteiger partial charge in [0.1, 0.15) is 5.82 Å². The van der Waals surface area contributed by atoms with Gasteiger partial charge in [-0.25, -0.2) is 4.98 Å². The van der Waals surface area contributed by atoms with Crippen molar-refractivity contribution in [1.29, 1.82) is 0 Å².